The number of benzene rings is 1. The van der Waals surface area contributed by atoms with Crippen LogP contribution in [-0.2, 0) is 5.75 Å². The Hall–Kier alpha value is 0.01000. The molecular formula is C13H18BrNS. The molecule has 0 bridgehead atoms. The summed E-state index contributed by atoms with van der Waals surface area (Å²) < 4.78 is 1.24. The Bertz CT molecular complexity index is 321. The molecule has 1 aromatic carbocycles. The third kappa shape index (κ3) is 3.79. The molecule has 1 aromatic rings. The van der Waals surface area contributed by atoms with E-state index in [0.29, 0.717) is 0 Å². The molecule has 1 unspecified atom stereocenters. The average molecular weight is 300 g/mol. The highest BCUT2D eigenvalue weighted by Crippen LogP contribution is 2.28. The van der Waals surface area contributed by atoms with Gasteiger partial charge in [-0.25, -0.2) is 0 Å². The summed E-state index contributed by atoms with van der Waals surface area (Å²) in [5.74, 6) is 1.13. The van der Waals surface area contributed by atoms with Gasteiger partial charge in [-0.1, -0.05) is 34.1 Å². The third-order valence-electron chi connectivity index (χ3n) is 2.96. The highest BCUT2D eigenvalue weighted by molar-refractivity contribution is 9.10. The molecule has 16 heavy (non-hydrogen) atoms. The van der Waals surface area contributed by atoms with Crippen LogP contribution in [0.5, 0.6) is 0 Å². The summed E-state index contributed by atoms with van der Waals surface area (Å²) in [7, 11) is 0. The summed E-state index contributed by atoms with van der Waals surface area (Å²) in [4.78, 5) is 0. The number of hydrogen-bond donors (Lipinski definition) is 1. The molecule has 1 aliphatic rings. The highest BCUT2D eigenvalue weighted by atomic mass is 79.9. The predicted molar refractivity (Wildman–Crippen MR) is 75.9 cm³/mol. The largest absolute Gasteiger partial charge is 0.317 e. The molecule has 1 N–H and O–H groups in total. The van der Waals surface area contributed by atoms with E-state index in [4.69, 9.17) is 0 Å². The number of thioether (sulfide) groups is 1. The molecule has 88 valence electrons. The van der Waals surface area contributed by atoms with Crippen molar-refractivity contribution in [1.29, 1.82) is 0 Å². The summed E-state index contributed by atoms with van der Waals surface area (Å²) in [6, 6.07) is 8.54. The van der Waals surface area contributed by atoms with E-state index in [1.165, 1.54) is 42.4 Å². The molecule has 0 saturated carbocycles. The van der Waals surface area contributed by atoms with E-state index >= 15 is 0 Å². The minimum atomic E-state index is 0.835. The molecule has 1 saturated heterocycles. The summed E-state index contributed by atoms with van der Waals surface area (Å²) in [6.07, 6.45) is 4.00. The van der Waals surface area contributed by atoms with E-state index in [9.17, 15) is 0 Å². The van der Waals surface area contributed by atoms with Crippen LogP contribution >= 0.6 is 27.7 Å². The van der Waals surface area contributed by atoms with Gasteiger partial charge in [0.1, 0.15) is 0 Å². The van der Waals surface area contributed by atoms with E-state index in [-0.39, 0.29) is 0 Å². The maximum absolute atomic E-state index is 3.61. The molecule has 1 atom stereocenters. The lowest BCUT2D eigenvalue weighted by Gasteiger charge is -2.13. The second-order valence-corrected chi connectivity index (χ2v) is 6.35. The van der Waals surface area contributed by atoms with Crippen LogP contribution in [0.3, 0.4) is 0 Å². The summed E-state index contributed by atoms with van der Waals surface area (Å²) in [5.41, 5.74) is 1.42. The molecule has 0 aromatic heterocycles. The fraction of sp³-hybridized carbons (Fsp3) is 0.538. The molecule has 3 heteroatoms. The number of rotatable bonds is 3. The lowest BCUT2D eigenvalue weighted by Crippen LogP contribution is -2.14. The van der Waals surface area contributed by atoms with Crippen LogP contribution in [0.4, 0.5) is 0 Å². The molecule has 0 amide bonds. The van der Waals surface area contributed by atoms with Crippen LogP contribution in [-0.4, -0.2) is 18.3 Å². The summed E-state index contributed by atoms with van der Waals surface area (Å²) in [6.45, 7) is 2.39. The first-order valence-electron chi connectivity index (χ1n) is 5.92. The molecule has 0 aliphatic carbocycles. The van der Waals surface area contributed by atoms with Crippen LogP contribution in [0, 0.1) is 0 Å². The SMILES string of the molecule is Brc1ccccc1CSC1CCCNCC1. The van der Waals surface area contributed by atoms with Crippen LogP contribution in [0.15, 0.2) is 28.7 Å². The summed E-state index contributed by atoms with van der Waals surface area (Å²) >= 11 is 5.72. The minimum absolute atomic E-state index is 0.835. The monoisotopic (exact) mass is 299 g/mol. The highest BCUT2D eigenvalue weighted by Gasteiger charge is 2.12. The van der Waals surface area contributed by atoms with E-state index in [0.717, 1.165) is 11.0 Å². The first kappa shape index (κ1) is 12.5. The van der Waals surface area contributed by atoms with Gasteiger partial charge in [-0.15, -0.1) is 0 Å². The maximum Gasteiger partial charge on any atom is 0.0215 e. The van der Waals surface area contributed by atoms with E-state index < -0.39 is 0 Å². The minimum Gasteiger partial charge on any atom is -0.317 e. The molecule has 1 nitrogen and oxygen atoms in total. The molecule has 0 radical (unpaired) electrons. The van der Waals surface area contributed by atoms with Crippen molar-refractivity contribution in [3.05, 3.63) is 34.3 Å². The Morgan fingerprint density at radius 3 is 3.00 bits per heavy atom. The second-order valence-electron chi connectivity index (χ2n) is 4.21. The van der Waals surface area contributed by atoms with Crippen LogP contribution in [0.25, 0.3) is 0 Å². The lowest BCUT2D eigenvalue weighted by molar-refractivity contribution is 0.703. The fourth-order valence-electron chi connectivity index (χ4n) is 1.98. The van der Waals surface area contributed by atoms with Crippen LogP contribution < -0.4 is 5.32 Å². The molecule has 1 aliphatic heterocycles. The molecule has 0 spiro atoms. The quantitative estimate of drug-likeness (QED) is 0.910. The van der Waals surface area contributed by atoms with Crippen molar-refractivity contribution in [2.45, 2.75) is 30.3 Å². The van der Waals surface area contributed by atoms with Gasteiger partial charge in [-0.2, -0.15) is 11.8 Å². The van der Waals surface area contributed by atoms with Gasteiger partial charge in [0.2, 0.25) is 0 Å². The van der Waals surface area contributed by atoms with Crippen molar-refractivity contribution in [1.82, 2.24) is 5.32 Å². The topological polar surface area (TPSA) is 12.0 Å². The van der Waals surface area contributed by atoms with Gasteiger partial charge in [-0.3, -0.25) is 0 Å². The Morgan fingerprint density at radius 1 is 1.25 bits per heavy atom. The van der Waals surface area contributed by atoms with Crippen molar-refractivity contribution in [3.8, 4) is 0 Å². The Kier molecular flexibility index (Phi) is 5.20. The van der Waals surface area contributed by atoms with Crippen molar-refractivity contribution < 1.29 is 0 Å². The van der Waals surface area contributed by atoms with Gasteiger partial charge in [0.25, 0.3) is 0 Å². The van der Waals surface area contributed by atoms with Gasteiger partial charge < -0.3 is 5.32 Å². The number of nitrogens with one attached hydrogen (secondary N) is 1. The van der Waals surface area contributed by atoms with Crippen molar-refractivity contribution >= 4 is 27.7 Å². The standard InChI is InChI=1S/C13H18BrNS/c14-13-6-2-1-4-11(13)10-16-12-5-3-8-15-9-7-12/h1-2,4,6,12,15H,3,5,7-10H2. The summed E-state index contributed by atoms with van der Waals surface area (Å²) in [5, 5.41) is 4.30. The maximum atomic E-state index is 3.61. The zero-order valence-electron chi connectivity index (χ0n) is 9.42. The third-order valence-corrected chi connectivity index (χ3v) is 5.15. The van der Waals surface area contributed by atoms with Crippen LogP contribution in [0.2, 0.25) is 0 Å². The Morgan fingerprint density at radius 2 is 2.12 bits per heavy atom. The van der Waals surface area contributed by atoms with Gasteiger partial charge >= 0.3 is 0 Å². The van der Waals surface area contributed by atoms with Gasteiger partial charge in [0.05, 0.1) is 0 Å². The lowest BCUT2D eigenvalue weighted by atomic mass is 10.2. The second kappa shape index (κ2) is 6.67. The zero-order chi connectivity index (χ0) is 11.2. The zero-order valence-corrected chi connectivity index (χ0v) is 11.8. The number of halogens is 1. The van der Waals surface area contributed by atoms with E-state index in [1.807, 2.05) is 0 Å². The number of hydrogen-bond acceptors (Lipinski definition) is 2. The Labute approximate surface area is 111 Å². The average Bonchev–Trinajstić information content (AvgIpc) is 2.56. The van der Waals surface area contributed by atoms with Gasteiger partial charge in [0.15, 0.2) is 0 Å². The first-order valence-corrected chi connectivity index (χ1v) is 7.76. The normalized spacial score (nSPS) is 21.7. The predicted octanol–water partition coefficient (Wildman–Crippen LogP) is 3.82. The molecule has 1 heterocycles. The van der Waals surface area contributed by atoms with Gasteiger partial charge in [0, 0.05) is 15.5 Å². The molecule has 2 rings (SSSR count). The fourth-order valence-corrected chi connectivity index (χ4v) is 3.87. The molecular weight excluding hydrogens is 282 g/mol. The molecule has 1 fully saturated rings. The van der Waals surface area contributed by atoms with Gasteiger partial charge in [-0.05, 0) is 44.0 Å². The first-order chi connectivity index (χ1) is 7.86. The smallest absolute Gasteiger partial charge is 0.0215 e. The van der Waals surface area contributed by atoms with Crippen molar-refractivity contribution in [2.75, 3.05) is 13.1 Å². The van der Waals surface area contributed by atoms with Crippen molar-refractivity contribution in [2.24, 2.45) is 0 Å². The van der Waals surface area contributed by atoms with Crippen molar-refractivity contribution in [3.63, 3.8) is 0 Å². The Balaban J connectivity index is 1.84. The van der Waals surface area contributed by atoms with Crippen LogP contribution in [0.1, 0.15) is 24.8 Å². The van der Waals surface area contributed by atoms with E-state index in [1.54, 1.807) is 0 Å². The van der Waals surface area contributed by atoms with E-state index in [2.05, 4.69) is 57.3 Å².